The first-order valence-electron chi connectivity index (χ1n) is 5.69. The number of anilines is 3. The maximum atomic E-state index is 12.8. The summed E-state index contributed by atoms with van der Waals surface area (Å²) in [5, 5.41) is 5.77. The van der Waals surface area contributed by atoms with Gasteiger partial charge in [0.1, 0.15) is 11.6 Å². The van der Waals surface area contributed by atoms with Gasteiger partial charge in [0, 0.05) is 7.05 Å². The molecule has 1 aromatic heterocycles. The largest absolute Gasteiger partial charge is 0.416 e. The van der Waals surface area contributed by atoms with Gasteiger partial charge in [0.15, 0.2) is 0 Å². The Bertz CT molecular complexity index is 614. The molecule has 1 heterocycles. The summed E-state index contributed by atoms with van der Waals surface area (Å²) in [4.78, 5) is 4.02. The van der Waals surface area contributed by atoms with Crippen molar-refractivity contribution in [2.24, 2.45) is 0 Å². The molecule has 2 N–H and O–H groups in total. The predicted molar refractivity (Wildman–Crippen MR) is 73.5 cm³/mol. The van der Waals surface area contributed by atoms with E-state index >= 15 is 0 Å². The van der Waals surface area contributed by atoms with Crippen LogP contribution in [0.2, 0.25) is 5.02 Å². The molecule has 0 atom stereocenters. The van der Waals surface area contributed by atoms with Crippen molar-refractivity contribution in [1.29, 1.82) is 0 Å². The fourth-order valence-corrected chi connectivity index (χ4v) is 1.77. The van der Waals surface area contributed by atoms with E-state index in [-0.39, 0.29) is 11.6 Å². The summed E-state index contributed by atoms with van der Waals surface area (Å²) in [7, 11) is 1.50. The predicted octanol–water partition coefficient (Wildman–Crippen LogP) is 4.54. The topological polar surface area (TPSA) is 37.0 Å². The molecule has 3 nitrogen and oxygen atoms in total. The lowest BCUT2D eigenvalue weighted by Crippen LogP contribution is -2.08. The highest BCUT2D eigenvalue weighted by Gasteiger charge is 2.31. The van der Waals surface area contributed by atoms with Gasteiger partial charge >= 0.3 is 6.18 Å². The summed E-state index contributed by atoms with van der Waals surface area (Å²) >= 11 is 5.95. The van der Waals surface area contributed by atoms with E-state index in [2.05, 4.69) is 15.6 Å². The summed E-state index contributed by atoms with van der Waals surface area (Å²) in [5.74, 6) is 0.187. The van der Waals surface area contributed by atoms with Gasteiger partial charge in [0.2, 0.25) is 0 Å². The molecule has 106 valence electrons. The van der Waals surface area contributed by atoms with E-state index in [1.165, 1.54) is 7.05 Å². The summed E-state index contributed by atoms with van der Waals surface area (Å²) < 4.78 is 38.4. The van der Waals surface area contributed by atoms with E-state index in [4.69, 9.17) is 11.6 Å². The maximum absolute atomic E-state index is 12.8. The van der Waals surface area contributed by atoms with E-state index < -0.39 is 11.7 Å². The van der Waals surface area contributed by atoms with Crippen LogP contribution in [0.25, 0.3) is 0 Å². The Labute approximate surface area is 118 Å². The lowest BCUT2D eigenvalue weighted by Gasteiger charge is -2.13. The van der Waals surface area contributed by atoms with Gasteiger partial charge in [-0.1, -0.05) is 23.7 Å². The van der Waals surface area contributed by atoms with Crippen molar-refractivity contribution in [2.45, 2.75) is 6.18 Å². The number of alkyl halides is 3. The minimum atomic E-state index is -4.44. The van der Waals surface area contributed by atoms with Crippen LogP contribution in [0.15, 0.2) is 36.4 Å². The zero-order chi connectivity index (χ0) is 14.8. The number of hydrogen-bond donors (Lipinski definition) is 2. The van der Waals surface area contributed by atoms with Crippen LogP contribution in [-0.4, -0.2) is 12.0 Å². The fraction of sp³-hybridized carbons (Fsp3) is 0.154. The van der Waals surface area contributed by atoms with E-state index in [0.29, 0.717) is 10.7 Å². The minimum absolute atomic E-state index is 0.0669. The number of benzene rings is 1. The molecule has 20 heavy (non-hydrogen) atoms. The highest BCUT2D eigenvalue weighted by Crippen LogP contribution is 2.33. The molecule has 0 radical (unpaired) electrons. The SMILES string of the molecule is CNc1cc(C(F)(F)F)cc(Nc2ccccc2Cl)n1. The Morgan fingerprint density at radius 3 is 2.35 bits per heavy atom. The van der Waals surface area contributed by atoms with Crippen LogP contribution in [0.5, 0.6) is 0 Å². The Balaban J connectivity index is 2.39. The van der Waals surface area contributed by atoms with E-state index in [1.54, 1.807) is 24.3 Å². The molecular formula is C13H11ClF3N3. The van der Waals surface area contributed by atoms with Crippen molar-refractivity contribution in [3.8, 4) is 0 Å². The minimum Gasteiger partial charge on any atom is -0.373 e. The number of nitrogens with one attached hydrogen (secondary N) is 2. The van der Waals surface area contributed by atoms with Crippen LogP contribution in [-0.2, 0) is 6.18 Å². The van der Waals surface area contributed by atoms with Crippen molar-refractivity contribution < 1.29 is 13.2 Å². The molecular weight excluding hydrogens is 291 g/mol. The first-order chi connectivity index (χ1) is 9.40. The highest BCUT2D eigenvalue weighted by molar-refractivity contribution is 6.33. The van der Waals surface area contributed by atoms with Crippen molar-refractivity contribution in [3.63, 3.8) is 0 Å². The number of halogens is 4. The van der Waals surface area contributed by atoms with Gasteiger partial charge in [-0.25, -0.2) is 4.98 Å². The van der Waals surface area contributed by atoms with E-state index in [9.17, 15) is 13.2 Å². The Morgan fingerprint density at radius 2 is 1.75 bits per heavy atom. The number of pyridine rings is 1. The quantitative estimate of drug-likeness (QED) is 0.874. The molecule has 0 aliphatic rings. The van der Waals surface area contributed by atoms with Crippen molar-refractivity contribution in [1.82, 2.24) is 4.98 Å². The summed E-state index contributed by atoms with van der Waals surface area (Å²) in [6.07, 6.45) is -4.44. The molecule has 1 aromatic carbocycles. The average Bonchev–Trinajstić information content (AvgIpc) is 2.40. The number of aromatic nitrogens is 1. The van der Waals surface area contributed by atoms with Gasteiger partial charge < -0.3 is 10.6 Å². The molecule has 0 aliphatic heterocycles. The highest BCUT2D eigenvalue weighted by atomic mass is 35.5. The molecule has 0 saturated carbocycles. The number of para-hydroxylation sites is 1. The number of nitrogens with zero attached hydrogens (tertiary/aromatic N) is 1. The van der Waals surface area contributed by atoms with Gasteiger partial charge in [-0.2, -0.15) is 13.2 Å². The summed E-state index contributed by atoms with van der Waals surface area (Å²) in [6.45, 7) is 0. The van der Waals surface area contributed by atoms with Gasteiger partial charge in [-0.3, -0.25) is 0 Å². The molecule has 0 fully saturated rings. The summed E-state index contributed by atoms with van der Waals surface area (Å²) in [5.41, 5.74) is -0.297. The van der Waals surface area contributed by atoms with E-state index in [0.717, 1.165) is 12.1 Å². The standard InChI is InChI=1S/C13H11ClF3N3/c1-18-11-6-8(13(15,16)17)7-12(20-11)19-10-5-3-2-4-9(10)14/h2-7H,1H3,(H2,18,19,20). The van der Waals surface area contributed by atoms with Gasteiger partial charge in [-0.05, 0) is 24.3 Å². The molecule has 0 spiro atoms. The molecule has 0 amide bonds. The number of hydrogen-bond acceptors (Lipinski definition) is 3. The molecule has 0 unspecified atom stereocenters. The molecule has 0 saturated heterocycles. The molecule has 0 bridgehead atoms. The third kappa shape index (κ3) is 3.33. The third-order valence-electron chi connectivity index (χ3n) is 2.55. The van der Waals surface area contributed by atoms with E-state index in [1.807, 2.05) is 0 Å². The Hall–Kier alpha value is -1.95. The average molecular weight is 302 g/mol. The third-order valence-corrected chi connectivity index (χ3v) is 2.87. The van der Waals surface area contributed by atoms with Crippen LogP contribution in [0, 0.1) is 0 Å². The first-order valence-corrected chi connectivity index (χ1v) is 6.06. The van der Waals surface area contributed by atoms with Crippen LogP contribution >= 0.6 is 11.6 Å². The summed E-state index contributed by atoms with van der Waals surface area (Å²) in [6, 6.07) is 8.62. The zero-order valence-corrected chi connectivity index (χ0v) is 11.2. The Morgan fingerprint density at radius 1 is 1.10 bits per heavy atom. The van der Waals surface area contributed by atoms with Gasteiger partial charge in [-0.15, -0.1) is 0 Å². The first kappa shape index (κ1) is 14.5. The smallest absolute Gasteiger partial charge is 0.373 e. The second-order valence-corrected chi connectivity index (χ2v) is 4.39. The van der Waals surface area contributed by atoms with Crippen LogP contribution in [0.4, 0.5) is 30.5 Å². The van der Waals surface area contributed by atoms with Crippen molar-refractivity contribution in [3.05, 3.63) is 47.0 Å². The normalized spacial score (nSPS) is 11.2. The van der Waals surface area contributed by atoms with Crippen LogP contribution < -0.4 is 10.6 Å². The second kappa shape index (κ2) is 5.58. The molecule has 7 heteroatoms. The van der Waals surface area contributed by atoms with Crippen LogP contribution in [0.1, 0.15) is 5.56 Å². The Kier molecular flexibility index (Phi) is 4.04. The lowest BCUT2D eigenvalue weighted by atomic mass is 10.2. The monoisotopic (exact) mass is 301 g/mol. The molecule has 2 rings (SSSR count). The fourth-order valence-electron chi connectivity index (χ4n) is 1.59. The van der Waals surface area contributed by atoms with Gasteiger partial charge in [0.05, 0.1) is 16.3 Å². The second-order valence-electron chi connectivity index (χ2n) is 3.98. The van der Waals surface area contributed by atoms with Crippen molar-refractivity contribution >= 4 is 28.9 Å². The molecule has 2 aromatic rings. The van der Waals surface area contributed by atoms with Crippen LogP contribution in [0.3, 0.4) is 0 Å². The maximum Gasteiger partial charge on any atom is 0.416 e. The number of rotatable bonds is 3. The lowest BCUT2D eigenvalue weighted by molar-refractivity contribution is -0.137. The van der Waals surface area contributed by atoms with Crippen molar-refractivity contribution in [2.75, 3.05) is 17.7 Å². The van der Waals surface area contributed by atoms with Gasteiger partial charge in [0.25, 0.3) is 0 Å². The molecule has 0 aliphatic carbocycles. The zero-order valence-electron chi connectivity index (χ0n) is 10.4.